The third kappa shape index (κ3) is 4.02. The van der Waals surface area contributed by atoms with Crippen LogP contribution in [0.1, 0.15) is 38.0 Å². The summed E-state index contributed by atoms with van der Waals surface area (Å²) in [6.45, 7) is 5.67. The number of aryl methyl sites for hydroxylation is 2. The van der Waals surface area contributed by atoms with Gasteiger partial charge in [0.15, 0.2) is 5.82 Å². The number of Topliss-reactive ketones (excluding diaryl/α,β-unsaturated/α-hetero) is 1. The number of carbonyl (C=O) groups is 1. The minimum absolute atomic E-state index is 0.107. The molecule has 0 amide bonds. The van der Waals surface area contributed by atoms with Crippen LogP contribution in [0.15, 0.2) is 34.9 Å². The molecule has 20 heavy (non-hydrogen) atoms. The van der Waals surface area contributed by atoms with Gasteiger partial charge in [-0.05, 0) is 12.0 Å². The Hall–Kier alpha value is -1.97. The van der Waals surface area contributed by atoms with E-state index in [0.717, 1.165) is 12.8 Å². The molecule has 0 unspecified atom stereocenters. The van der Waals surface area contributed by atoms with Crippen LogP contribution in [-0.2, 0) is 24.1 Å². The van der Waals surface area contributed by atoms with Crippen molar-refractivity contribution >= 4 is 5.78 Å². The van der Waals surface area contributed by atoms with Crippen LogP contribution < -0.4 is 0 Å². The number of hydrogen-bond acceptors (Lipinski definition) is 4. The smallest absolute Gasteiger partial charge is 0.234 e. The van der Waals surface area contributed by atoms with E-state index in [1.54, 1.807) is 0 Å². The van der Waals surface area contributed by atoms with Crippen molar-refractivity contribution in [2.24, 2.45) is 5.41 Å². The van der Waals surface area contributed by atoms with Crippen LogP contribution >= 0.6 is 0 Å². The molecule has 0 atom stereocenters. The fourth-order valence-electron chi connectivity index (χ4n) is 1.77. The fourth-order valence-corrected chi connectivity index (χ4v) is 1.77. The Morgan fingerprint density at radius 3 is 2.50 bits per heavy atom. The zero-order chi connectivity index (χ0) is 14.6. The molecule has 1 aromatic carbocycles. The zero-order valence-corrected chi connectivity index (χ0v) is 12.2. The topological polar surface area (TPSA) is 56.0 Å². The second kappa shape index (κ2) is 5.99. The van der Waals surface area contributed by atoms with Gasteiger partial charge in [0.1, 0.15) is 5.78 Å². The van der Waals surface area contributed by atoms with Crippen LogP contribution in [-0.4, -0.2) is 15.9 Å². The summed E-state index contributed by atoms with van der Waals surface area (Å²) in [6.07, 6.45) is 1.80. The quantitative estimate of drug-likeness (QED) is 0.839. The molecule has 4 nitrogen and oxygen atoms in total. The number of benzene rings is 1. The highest BCUT2D eigenvalue weighted by Crippen LogP contribution is 2.17. The molecule has 2 aromatic rings. The van der Waals surface area contributed by atoms with Crippen molar-refractivity contribution in [3.63, 3.8) is 0 Å². The van der Waals surface area contributed by atoms with Gasteiger partial charge in [0, 0.05) is 11.8 Å². The first-order valence-corrected chi connectivity index (χ1v) is 6.84. The van der Waals surface area contributed by atoms with Crippen molar-refractivity contribution in [2.45, 2.75) is 40.0 Å². The number of hydrogen-bond donors (Lipinski definition) is 0. The maximum atomic E-state index is 11.9. The molecule has 106 valence electrons. The van der Waals surface area contributed by atoms with Gasteiger partial charge in [-0.2, -0.15) is 4.98 Å². The van der Waals surface area contributed by atoms with E-state index in [0.29, 0.717) is 11.7 Å². The second-order valence-electron chi connectivity index (χ2n) is 5.94. The summed E-state index contributed by atoms with van der Waals surface area (Å²) >= 11 is 0. The summed E-state index contributed by atoms with van der Waals surface area (Å²) in [7, 11) is 0. The Morgan fingerprint density at radius 2 is 1.85 bits per heavy atom. The van der Waals surface area contributed by atoms with Crippen LogP contribution in [0.25, 0.3) is 0 Å². The molecular weight excluding hydrogens is 252 g/mol. The van der Waals surface area contributed by atoms with E-state index in [1.165, 1.54) is 5.56 Å². The van der Waals surface area contributed by atoms with Gasteiger partial charge in [-0.3, -0.25) is 4.79 Å². The average molecular weight is 272 g/mol. The van der Waals surface area contributed by atoms with Gasteiger partial charge in [-0.1, -0.05) is 56.3 Å². The Kier molecular flexibility index (Phi) is 4.32. The number of rotatable bonds is 5. The maximum absolute atomic E-state index is 11.9. The standard InChI is InChI=1S/C16H20N2O2/c1-16(2,3)13(19)11-15-17-14(18-20-15)10-9-12-7-5-4-6-8-12/h4-8H,9-11H2,1-3H3. The van der Waals surface area contributed by atoms with Gasteiger partial charge in [-0.15, -0.1) is 0 Å². The molecule has 0 aliphatic rings. The monoisotopic (exact) mass is 272 g/mol. The number of aromatic nitrogens is 2. The molecule has 0 radical (unpaired) electrons. The van der Waals surface area contributed by atoms with Crippen LogP contribution in [0.5, 0.6) is 0 Å². The average Bonchev–Trinajstić information content (AvgIpc) is 2.84. The molecule has 1 aromatic heterocycles. The molecule has 1 heterocycles. The zero-order valence-electron chi connectivity index (χ0n) is 12.2. The van der Waals surface area contributed by atoms with Crippen molar-refractivity contribution in [3.05, 3.63) is 47.6 Å². The predicted octanol–water partition coefficient (Wildman–Crippen LogP) is 3.01. The molecule has 0 saturated carbocycles. The summed E-state index contributed by atoms with van der Waals surface area (Å²) in [4.78, 5) is 16.2. The van der Waals surface area contributed by atoms with Gasteiger partial charge < -0.3 is 4.52 Å². The summed E-state index contributed by atoms with van der Waals surface area (Å²) in [6, 6.07) is 10.2. The lowest BCUT2D eigenvalue weighted by molar-refractivity contribution is -0.125. The molecule has 0 aliphatic heterocycles. The molecule has 0 aliphatic carbocycles. The molecule has 2 rings (SSSR count). The number of nitrogens with zero attached hydrogens (tertiary/aromatic N) is 2. The van der Waals surface area contributed by atoms with Crippen molar-refractivity contribution in [1.82, 2.24) is 10.1 Å². The van der Waals surface area contributed by atoms with E-state index in [9.17, 15) is 4.79 Å². The highest BCUT2D eigenvalue weighted by molar-refractivity contribution is 5.84. The van der Waals surface area contributed by atoms with Gasteiger partial charge in [0.25, 0.3) is 0 Å². The second-order valence-corrected chi connectivity index (χ2v) is 5.94. The lowest BCUT2D eigenvalue weighted by atomic mass is 9.89. The van der Waals surface area contributed by atoms with Gasteiger partial charge in [0.2, 0.25) is 5.89 Å². The Bertz CT molecular complexity index is 568. The van der Waals surface area contributed by atoms with Crippen LogP contribution in [0.2, 0.25) is 0 Å². The van der Waals surface area contributed by atoms with Crippen molar-refractivity contribution in [1.29, 1.82) is 0 Å². The minimum Gasteiger partial charge on any atom is -0.339 e. The normalized spacial score (nSPS) is 11.6. The minimum atomic E-state index is -0.376. The summed E-state index contributed by atoms with van der Waals surface area (Å²) in [5.41, 5.74) is 0.864. The van der Waals surface area contributed by atoms with Gasteiger partial charge in [0.05, 0.1) is 6.42 Å². The van der Waals surface area contributed by atoms with Crippen molar-refractivity contribution in [3.8, 4) is 0 Å². The number of carbonyl (C=O) groups excluding carboxylic acids is 1. The van der Waals surface area contributed by atoms with Gasteiger partial charge in [-0.25, -0.2) is 0 Å². The van der Waals surface area contributed by atoms with E-state index in [2.05, 4.69) is 22.3 Å². The summed E-state index contributed by atoms with van der Waals surface area (Å²) in [5, 5.41) is 3.93. The predicted molar refractivity (Wildman–Crippen MR) is 76.3 cm³/mol. The van der Waals surface area contributed by atoms with E-state index in [4.69, 9.17) is 4.52 Å². The first-order valence-electron chi connectivity index (χ1n) is 6.84. The first kappa shape index (κ1) is 14.4. The Balaban J connectivity index is 1.91. The lowest BCUT2D eigenvalue weighted by Gasteiger charge is -2.14. The SMILES string of the molecule is CC(C)(C)C(=O)Cc1nc(CCc2ccccc2)no1. The van der Waals surface area contributed by atoms with E-state index in [-0.39, 0.29) is 17.6 Å². The molecule has 0 spiro atoms. The highest BCUT2D eigenvalue weighted by atomic mass is 16.5. The van der Waals surface area contributed by atoms with Crippen molar-refractivity contribution < 1.29 is 9.32 Å². The van der Waals surface area contributed by atoms with Crippen LogP contribution in [0.3, 0.4) is 0 Å². The van der Waals surface area contributed by atoms with Gasteiger partial charge >= 0.3 is 0 Å². The van der Waals surface area contributed by atoms with Crippen LogP contribution in [0, 0.1) is 5.41 Å². The molecule has 0 N–H and O–H groups in total. The molecule has 0 saturated heterocycles. The first-order chi connectivity index (χ1) is 9.45. The van der Waals surface area contributed by atoms with E-state index in [1.807, 2.05) is 39.0 Å². The van der Waals surface area contributed by atoms with Crippen LogP contribution in [0.4, 0.5) is 0 Å². The maximum Gasteiger partial charge on any atom is 0.234 e. The third-order valence-electron chi connectivity index (χ3n) is 3.14. The molecule has 0 fully saturated rings. The number of ketones is 1. The van der Waals surface area contributed by atoms with E-state index < -0.39 is 0 Å². The Morgan fingerprint density at radius 1 is 1.15 bits per heavy atom. The Labute approximate surface area is 119 Å². The largest absolute Gasteiger partial charge is 0.339 e. The fraction of sp³-hybridized carbons (Fsp3) is 0.438. The summed E-state index contributed by atoms with van der Waals surface area (Å²) < 4.78 is 5.14. The lowest BCUT2D eigenvalue weighted by Crippen LogP contribution is -2.22. The van der Waals surface area contributed by atoms with E-state index >= 15 is 0 Å². The molecular formula is C16H20N2O2. The highest BCUT2D eigenvalue weighted by Gasteiger charge is 2.23. The molecule has 0 bridgehead atoms. The summed E-state index contributed by atoms with van der Waals surface area (Å²) in [5.74, 6) is 1.18. The molecule has 4 heteroatoms. The third-order valence-corrected chi connectivity index (χ3v) is 3.14. The van der Waals surface area contributed by atoms with Crippen molar-refractivity contribution in [2.75, 3.05) is 0 Å².